The van der Waals surface area contributed by atoms with Crippen molar-refractivity contribution in [2.75, 3.05) is 0 Å². The molecule has 1 aromatic carbocycles. The highest BCUT2D eigenvalue weighted by atomic mass is 19.1. The Bertz CT molecular complexity index is 446. The van der Waals surface area contributed by atoms with Crippen LogP contribution < -0.4 is 11.3 Å². The summed E-state index contributed by atoms with van der Waals surface area (Å²) in [6, 6.07) is 3.57. The van der Waals surface area contributed by atoms with Crippen LogP contribution in [0.5, 0.6) is 0 Å². The maximum absolute atomic E-state index is 13.7. The van der Waals surface area contributed by atoms with Gasteiger partial charge in [0.25, 0.3) is 0 Å². The second-order valence-electron chi connectivity index (χ2n) is 6.20. The van der Waals surface area contributed by atoms with Gasteiger partial charge >= 0.3 is 0 Å². The van der Waals surface area contributed by atoms with Gasteiger partial charge in [0, 0.05) is 6.04 Å². The Kier molecular flexibility index (Phi) is 4.21. The maximum atomic E-state index is 13.7. The Morgan fingerprint density at radius 3 is 2.74 bits per heavy atom. The summed E-state index contributed by atoms with van der Waals surface area (Å²) in [6.07, 6.45) is 3.83. The van der Waals surface area contributed by atoms with Gasteiger partial charge in [-0.1, -0.05) is 20.3 Å². The highest BCUT2D eigenvalue weighted by Crippen LogP contribution is 2.44. The quantitative estimate of drug-likeness (QED) is 0.650. The van der Waals surface area contributed by atoms with Crippen molar-refractivity contribution in [1.29, 1.82) is 0 Å². The summed E-state index contributed by atoms with van der Waals surface area (Å²) in [7, 11) is 0. The SMILES string of the molecule is CC1(C)CCCC1C(Cc1cc(F)ccc1F)NN. The van der Waals surface area contributed by atoms with E-state index in [1.807, 2.05) is 0 Å². The van der Waals surface area contributed by atoms with Crippen molar-refractivity contribution in [2.24, 2.45) is 17.2 Å². The van der Waals surface area contributed by atoms with Gasteiger partial charge in [0.15, 0.2) is 0 Å². The minimum Gasteiger partial charge on any atom is -0.271 e. The first-order valence-corrected chi connectivity index (χ1v) is 6.84. The predicted octanol–water partition coefficient (Wildman–Crippen LogP) is 3.17. The van der Waals surface area contributed by atoms with Crippen LogP contribution in [0.1, 0.15) is 38.7 Å². The van der Waals surface area contributed by atoms with E-state index < -0.39 is 5.82 Å². The average molecular weight is 268 g/mol. The molecule has 2 atom stereocenters. The Hall–Kier alpha value is -1.00. The van der Waals surface area contributed by atoms with Gasteiger partial charge in [0.1, 0.15) is 11.6 Å². The van der Waals surface area contributed by atoms with Gasteiger partial charge in [-0.2, -0.15) is 0 Å². The Labute approximate surface area is 113 Å². The number of hydrogen-bond acceptors (Lipinski definition) is 2. The molecule has 4 heteroatoms. The van der Waals surface area contributed by atoms with Gasteiger partial charge in [-0.05, 0) is 54.4 Å². The minimum absolute atomic E-state index is 0.0196. The van der Waals surface area contributed by atoms with E-state index in [1.165, 1.54) is 18.6 Å². The van der Waals surface area contributed by atoms with Crippen LogP contribution in [0.4, 0.5) is 8.78 Å². The molecule has 0 radical (unpaired) electrons. The minimum atomic E-state index is -0.405. The van der Waals surface area contributed by atoms with Gasteiger partial charge in [-0.3, -0.25) is 11.3 Å². The molecule has 2 rings (SSSR count). The van der Waals surface area contributed by atoms with E-state index in [-0.39, 0.29) is 17.3 Å². The fourth-order valence-electron chi connectivity index (χ4n) is 3.35. The number of nitrogens with two attached hydrogens (primary N) is 1. The number of benzene rings is 1. The normalized spacial score (nSPS) is 23.5. The topological polar surface area (TPSA) is 38.0 Å². The first-order chi connectivity index (χ1) is 8.94. The lowest BCUT2D eigenvalue weighted by Crippen LogP contribution is -2.46. The smallest absolute Gasteiger partial charge is 0.126 e. The maximum Gasteiger partial charge on any atom is 0.126 e. The summed E-state index contributed by atoms with van der Waals surface area (Å²) in [6.45, 7) is 4.44. The molecule has 2 unspecified atom stereocenters. The third-order valence-electron chi connectivity index (χ3n) is 4.49. The number of hydrogen-bond donors (Lipinski definition) is 2. The van der Waals surface area contributed by atoms with Crippen LogP contribution in [-0.2, 0) is 6.42 Å². The van der Waals surface area contributed by atoms with E-state index in [0.717, 1.165) is 18.9 Å². The summed E-state index contributed by atoms with van der Waals surface area (Å²) >= 11 is 0. The molecule has 19 heavy (non-hydrogen) atoms. The lowest BCUT2D eigenvalue weighted by Gasteiger charge is -2.34. The molecule has 106 valence electrons. The highest BCUT2D eigenvalue weighted by Gasteiger charge is 2.39. The van der Waals surface area contributed by atoms with E-state index >= 15 is 0 Å². The van der Waals surface area contributed by atoms with E-state index in [4.69, 9.17) is 5.84 Å². The van der Waals surface area contributed by atoms with E-state index in [2.05, 4.69) is 19.3 Å². The number of hydrazine groups is 1. The molecule has 1 aliphatic carbocycles. The molecule has 1 fully saturated rings. The Balaban J connectivity index is 2.17. The largest absolute Gasteiger partial charge is 0.271 e. The van der Waals surface area contributed by atoms with Gasteiger partial charge in [0.2, 0.25) is 0 Å². The van der Waals surface area contributed by atoms with Crippen molar-refractivity contribution < 1.29 is 8.78 Å². The number of rotatable bonds is 4. The molecular formula is C15H22F2N2. The zero-order chi connectivity index (χ0) is 14.0. The van der Waals surface area contributed by atoms with Crippen molar-refractivity contribution in [3.8, 4) is 0 Å². The number of nitrogens with one attached hydrogen (secondary N) is 1. The van der Waals surface area contributed by atoms with Crippen LogP contribution in [-0.4, -0.2) is 6.04 Å². The van der Waals surface area contributed by atoms with Crippen LogP contribution in [0.2, 0.25) is 0 Å². The fourth-order valence-corrected chi connectivity index (χ4v) is 3.35. The van der Waals surface area contributed by atoms with Crippen molar-refractivity contribution in [3.05, 3.63) is 35.4 Å². The predicted molar refractivity (Wildman–Crippen MR) is 72.3 cm³/mol. The summed E-state index contributed by atoms with van der Waals surface area (Å²) in [5.41, 5.74) is 3.40. The molecule has 1 aliphatic rings. The molecule has 0 aromatic heterocycles. The van der Waals surface area contributed by atoms with Crippen LogP contribution >= 0.6 is 0 Å². The summed E-state index contributed by atoms with van der Waals surface area (Å²) in [5.74, 6) is 5.26. The van der Waals surface area contributed by atoms with Gasteiger partial charge in [-0.25, -0.2) is 8.78 Å². The average Bonchev–Trinajstić information content (AvgIpc) is 2.70. The summed E-state index contributed by atoms with van der Waals surface area (Å²) in [4.78, 5) is 0. The molecule has 0 spiro atoms. The van der Waals surface area contributed by atoms with Crippen LogP contribution in [0.15, 0.2) is 18.2 Å². The Morgan fingerprint density at radius 1 is 1.42 bits per heavy atom. The third kappa shape index (κ3) is 3.12. The lowest BCUT2D eigenvalue weighted by atomic mass is 9.76. The molecule has 0 amide bonds. The monoisotopic (exact) mass is 268 g/mol. The van der Waals surface area contributed by atoms with Crippen LogP contribution in [0.3, 0.4) is 0 Å². The Morgan fingerprint density at radius 2 is 2.16 bits per heavy atom. The van der Waals surface area contributed by atoms with E-state index in [0.29, 0.717) is 17.9 Å². The summed E-state index contributed by atoms with van der Waals surface area (Å²) < 4.78 is 26.9. The molecule has 2 nitrogen and oxygen atoms in total. The van der Waals surface area contributed by atoms with Crippen molar-refractivity contribution in [1.82, 2.24) is 5.43 Å². The van der Waals surface area contributed by atoms with Crippen LogP contribution in [0, 0.1) is 23.0 Å². The lowest BCUT2D eigenvalue weighted by molar-refractivity contribution is 0.195. The molecule has 1 aromatic rings. The standard InChI is InChI=1S/C15H22F2N2/c1-15(2)7-3-4-12(15)14(19-18)9-10-8-11(16)5-6-13(10)17/h5-6,8,12,14,19H,3-4,7,9,18H2,1-2H3. The van der Waals surface area contributed by atoms with Crippen molar-refractivity contribution >= 4 is 0 Å². The third-order valence-corrected chi connectivity index (χ3v) is 4.49. The highest BCUT2D eigenvalue weighted by molar-refractivity contribution is 5.20. The fraction of sp³-hybridized carbons (Fsp3) is 0.600. The molecule has 0 bridgehead atoms. The molecule has 0 heterocycles. The van der Waals surface area contributed by atoms with Gasteiger partial charge in [-0.15, -0.1) is 0 Å². The van der Waals surface area contributed by atoms with Gasteiger partial charge < -0.3 is 0 Å². The molecule has 0 aliphatic heterocycles. The first-order valence-electron chi connectivity index (χ1n) is 6.84. The molecular weight excluding hydrogens is 246 g/mol. The van der Waals surface area contributed by atoms with Gasteiger partial charge in [0.05, 0.1) is 0 Å². The zero-order valence-corrected chi connectivity index (χ0v) is 11.5. The summed E-state index contributed by atoms with van der Waals surface area (Å²) in [5, 5.41) is 0. The molecule has 1 saturated carbocycles. The van der Waals surface area contributed by atoms with Crippen molar-refractivity contribution in [3.63, 3.8) is 0 Å². The second kappa shape index (κ2) is 5.55. The molecule has 0 saturated heterocycles. The second-order valence-corrected chi connectivity index (χ2v) is 6.20. The van der Waals surface area contributed by atoms with E-state index in [9.17, 15) is 8.78 Å². The van der Waals surface area contributed by atoms with Crippen molar-refractivity contribution in [2.45, 2.75) is 45.6 Å². The zero-order valence-electron chi connectivity index (χ0n) is 11.5. The van der Waals surface area contributed by atoms with E-state index in [1.54, 1.807) is 0 Å². The van der Waals surface area contributed by atoms with Crippen LogP contribution in [0.25, 0.3) is 0 Å². The number of halogens is 2. The first kappa shape index (κ1) is 14.4. The molecule has 3 N–H and O–H groups in total.